The Morgan fingerprint density at radius 2 is 1.82 bits per heavy atom. The van der Waals surface area contributed by atoms with Crippen molar-refractivity contribution in [3.63, 3.8) is 0 Å². The van der Waals surface area contributed by atoms with Crippen molar-refractivity contribution in [2.75, 3.05) is 0 Å². The molecule has 0 aliphatic carbocycles. The summed E-state index contributed by atoms with van der Waals surface area (Å²) < 4.78 is 6.96. The van der Waals surface area contributed by atoms with Gasteiger partial charge in [0, 0.05) is 10.9 Å². The van der Waals surface area contributed by atoms with Crippen LogP contribution >= 0.6 is 0 Å². The lowest BCUT2D eigenvalue weighted by Gasteiger charge is -2.26. The monoisotopic (exact) mass is 438 g/mol. The molecule has 6 nitrogen and oxygen atoms in total. The second-order valence-corrected chi connectivity index (χ2v) is 8.73. The summed E-state index contributed by atoms with van der Waals surface area (Å²) in [5.41, 5.74) is 4.47. The van der Waals surface area contributed by atoms with Gasteiger partial charge in [0.05, 0.1) is 35.4 Å². The van der Waals surface area contributed by atoms with Crippen LogP contribution in [0.4, 0.5) is 0 Å². The largest absolute Gasteiger partial charge is 0.460 e. The van der Waals surface area contributed by atoms with Gasteiger partial charge in [0.1, 0.15) is 12.2 Å². The highest BCUT2D eigenvalue weighted by Crippen LogP contribution is 2.43. The number of ether oxygens (including phenoxy) is 1. The molecule has 0 spiro atoms. The first kappa shape index (κ1) is 19.9. The Labute approximate surface area is 190 Å². The van der Waals surface area contributed by atoms with Crippen LogP contribution in [0.3, 0.4) is 0 Å². The van der Waals surface area contributed by atoms with Crippen LogP contribution in [0.25, 0.3) is 33.4 Å². The van der Waals surface area contributed by atoms with E-state index >= 15 is 0 Å². The molecule has 33 heavy (non-hydrogen) atoms. The molecular weight excluding hydrogens is 416 g/mol. The third-order valence-electron chi connectivity index (χ3n) is 6.92. The van der Waals surface area contributed by atoms with Gasteiger partial charge in [-0.3, -0.25) is 9.59 Å². The number of nitrogens with zero attached hydrogens (tertiary/aromatic N) is 2. The summed E-state index contributed by atoms with van der Waals surface area (Å²) in [5.74, 6) is -0.504. The second-order valence-electron chi connectivity index (χ2n) is 8.73. The van der Waals surface area contributed by atoms with Crippen molar-refractivity contribution in [2.24, 2.45) is 0 Å². The molecule has 1 atom stereocenters. The van der Waals surface area contributed by atoms with Crippen LogP contribution in [-0.4, -0.2) is 20.6 Å². The maximum absolute atomic E-state index is 13.6. The fourth-order valence-electron chi connectivity index (χ4n) is 5.16. The third kappa shape index (κ3) is 2.87. The summed E-state index contributed by atoms with van der Waals surface area (Å²) in [7, 11) is 0. The molecule has 164 valence electrons. The smallest absolute Gasteiger partial charge is 0.309 e. The van der Waals surface area contributed by atoms with Gasteiger partial charge >= 0.3 is 5.97 Å². The molecule has 2 aliphatic rings. The first-order valence-electron chi connectivity index (χ1n) is 11.1. The van der Waals surface area contributed by atoms with Crippen LogP contribution < -0.4 is 5.56 Å². The lowest BCUT2D eigenvalue weighted by molar-refractivity contribution is -0.149. The van der Waals surface area contributed by atoms with E-state index in [9.17, 15) is 14.7 Å². The summed E-state index contributed by atoms with van der Waals surface area (Å²) in [6, 6.07) is 19.9. The lowest BCUT2D eigenvalue weighted by atomic mass is 9.85. The molecule has 4 aromatic rings. The van der Waals surface area contributed by atoms with Crippen molar-refractivity contribution in [3.8, 4) is 22.5 Å². The number of carbonyl (C=O) groups excluding carboxylic acids is 1. The number of hydrogen-bond acceptors (Lipinski definition) is 5. The number of benzene rings is 2. The number of cyclic esters (lactones) is 1. The van der Waals surface area contributed by atoms with Gasteiger partial charge in [0.15, 0.2) is 0 Å². The average Bonchev–Trinajstić information content (AvgIpc) is 3.14. The summed E-state index contributed by atoms with van der Waals surface area (Å²) in [4.78, 5) is 30.7. The molecule has 0 saturated heterocycles. The number of hydrogen-bond donors (Lipinski definition) is 1. The Morgan fingerprint density at radius 1 is 1.06 bits per heavy atom. The highest BCUT2D eigenvalue weighted by molar-refractivity contribution is 5.99. The Kier molecular flexibility index (Phi) is 4.29. The van der Waals surface area contributed by atoms with Crippen molar-refractivity contribution in [3.05, 3.63) is 87.7 Å². The molecule has 0 fully saturated rings. The topological polar surface area (TPSA) is 81.4 Å². The van der Waals surface area contributed by atoms with Crippen molar-refractivity contribution in [2.45, 2.75) is 38.5 Å². The van der Waals surface area contributed by atoms with Crippen LogP contribution in [0.2, 0.25) is 0 Å². The van der Waals surface area contributed by atoms with E-state index < -0.39 is 11.6 Å². The molecular formula is C27H22N2O4. The minimum atomic E-state index is -1.44. The van der Waals surface area contributed by atoms with E-state index in [4.69, 9.17) is 9.72 Å². The molecule has 0 unspecified atom stereocenters. The standard InChI is InChI=1S/C27H22N2O4/c1-2-27(32)13-23(30)33-15-19-20(27)12-22-25-18(14-29(22)26(19)31)24(16-8-4-3-5-9-16)17-10-6-7-11-21(17)28-25/h3-12,32H,2,13-15H2,1H3/t27-/m1/s1. The zero-order chi connectivity index (χ0) is 22.7. The summed E-state index contributed by atoms with van der Waals surface area (Å²) in [6.45, 7) is 2.05. The minimum absolute atomic E-state index is 0.132. The molecule has 2 aromatic heterocycles. The lowest BCUT2D eigenvalue weighted by Crippen LogP contribution is -2.32. The molecule has 2 aromatic carbocycles. The van der Waals surface area contributed by atoms with Gasteiger partial charge in [-0.1, -0.05) is 55.5 Å². The van der Waals surface area contributed by atoms with E-state index in [0.29, 0.717) is 29.8 Å². The van der Waals surface area contributed by atoms with Crippen molar-refractivity contribution in [1.82, 2.24) is 9.55 Å². The van der Waals surface area contributed by atoms with Gasteiger partial charge in [-0.25, -0.2) is 4.98 Å². The maximum Gasteiger partial charge on any atom is 0.309 e. The number of para-hydroxylation sites is 1. The molecule has 1 N–H and O–H groups in total. The van der Waals surface area contributed by atoms with E-state index in [0.717, 1.165) is 33.3 Å². The Morgan fingerprint density at radius 3 is 2.61 bits per heavy atom. The second kappa shape index (κ2) is 7.12. The zero-order valence-corrected chi connectivity index (χ0v) is 18.2. The number of carbonyl (C=O) groups is 1. The predicted molar refractivity (Wildman–Crippen MR) is 125 cm³/mol. The Bertz CT molecular complexity index is 1510. The van der Waals surface area contributed by atoms with Gasteiger partial charge < -0.3 is 14.4 Å². The number of pyridine rings is 2. The van der Waals surface area contributed by atoms with Gasteiger partial charge in [0.2, 0.25) is 0 Å². The first-order chi connectivity index (χ1) is 16.0. The van der Waals surface area contributed by atoms with E-state index in [1.807, 2.05) is 42.5 Å². The number of fused-ring (bicyclic) bond motifs is 5. The molecule has 6 rings (SSSR count). The maximum atomic E-state index is 13.6. The summed E-state index contributed by atoms with van der Waals surface area (Å²) in [6.07, 6.45) is 0.123. The average molecular weight is 438 g/mol. The quantitative estimate of drug-likeness (QED) is 0.419. The van der Waals surface area contributed by atoms with Crippen molar-refractivity contribution >= 4 is 16.9 Å². The molecule has 0 bridgehead atoms. The highest BCUT2D eigenvalue weighted by Gasteiger charge is 2.39. The number of aliphatic hydroxyl groups is 1. The van der Waals surface area contributed by atoms with Crippen LogP contribution in [0.1, 0.15) is 36.5 Å². The van der Waals surface area contributed by atoms with Gasteiger partial charge in [-0.2, -0.15) is 0 Å². The predicted octanol–water partition coefficient (Wildman–Crippen LogP) is 4.14. The third-order valence-corrected chi connectivity index (χ3v) is 6.92. The Hall–Kier alpha value is -3.77. The normalized spacial score (nSPS) is 18.9. The van der Waals surface area contributed by atoms with Crippen LogP contribution in [0.5, 0.6) is 0 Å². The van der Waals surface area contributed by atoms with Gasteiger partial charge in [-0.05, 0) is 35.2 Å². The fraction of sp³-hybridized carbons (Fsp3) is 0.222. The van der Waals surface area contributed by atoms with Crippen LogP contribution in [-0.2, 0) is 28.3 Å². The number of rotatable bonds is 2. The van der Waals surface area contributed by atoms with Crippen LogP contribution in [0.15, 0.2) is 65.5 Å². The summed E-state index contributed by atoms with van der Waals surface area (Å²) >= 11 is 0. The molecule has 0 radical (unpaired) electrons. The molecule has 6 heteroatoms. The number of aromatic nitrogens is 2. The SMILES string of the molecule is CC[C@@]1(O)CC(=O)OCc2c1cc1n(c2=O)Cc2c-1nc1ccccc1c2-c1ccccc1. The highest BCUT2D eigenvalue weighted by atomic mass is 16.5. The fourth-order valence-corrected chi connectivity index (χ4v) is 5.16. The molecule has 4 heterocycles. The van der Waals surface area contributed by atoms with Gasteiger partial charge in [-0.15, -0.1) is 0 Å². The van der Waals surface area contributed by atoms with Gasteiger partial charge in [0.25, 0.3) is 5.56 Å². The van der Waals surface area contributed by atoms with E-state index in [2.05, 4.69) is 18.2 Å². The Balaban J connectivity index is 1.67. The van der Waals surface area contributed by atoms with E-state index in [1.165, 1.54) is 0 Å². The number of esters is 1. The van der Waals surface area contributed by atoms with Crippen molar-refractivity contribution < 1.29 is 14.6 Å². The van der Waals surface area contributed by atoms with E-state index in [1.54, 1.807) is 11.5 Å². The van der Waals surface area contributed by atoms with Crippen LogP contribution in [0, 0.1) is 0 Å². The minimum Gasteiger partial charge on any atom is -0.460 e. The summed E-state index contributed by atoms with van der Waals surface area (Å²) in [5, 5.41) is 12.4. The first-order valence-corrected chi connectivity index (χ1v) is 11.1. The molecule has 2 aliphatic heterocycles. The molecule has 0 saturated carbocycles. The zero-order valence-electron chi connectivity index (χ0n) is 18.2. The van der Waals surface area contributed by atoms with Crippen molar-refractivity contribution in [1.29, 1.82) is 0 Å². The molecule has 0 amide bonds. The van der Waals surface area contributed by atoms with E-state index in [-0.39, 0.29) is 18.6 Å².